The molecule has 0 atom stereocenters. The second-order valence-corrected chi connectivity index (χ2v) is 5.69. The number of nitriles is 1. The minimum absolute atomic E-state index is 0.173. The summed E-state index contributed by atoms with van der Waals surface area (Å²) in [5.74, 6) is 0.812. The number of hydrogen-bond donors (Lipinski definition) is 0. The minimum atomic E-state index is -0.173. The molecule has 0 spiro atoms. The normalized spacial score (nSPS) is 10.1. The average molecular weight is 285 g/mol. The van der Waals surface area contributed by atoms with E-state index in [-0.39, 0.29) is 5.97 Å². The Bertz CT molecular complexity index is 251. The number of nitrogens with zero attached hydrogens (tertiary/aromatic N) is 1. The fourth-order valence-corrected chi connectivity index (χ4v) is 2.39. The van der Waals surface area contributed by atoms with Gasteiger partial charge in [-0.3, -0.25) is 4.79 Å². The van der Waals surface area contributed by atoms with Gasteiger partial charge in [-0.15, -0.1) is 0 Å². The van der Waals surface area contributed by atoms with Crippen molar-refractivity contribution >= 4 is 17.7 Å². The van der Waals surface area contributed by atoms with Gasteiger partial charge in [-0.1, -0.05) is 51.4 Å². The number of hydrogen-bond acceptors (Lipinski definition) is 4. The van der Waals surface area contributed by atoms with E-state index in [4.69, 9.17) is 10.00 Å². The van der Waals surface area contributed by atoms with Crippen LogP contribution in [-0.4, -0.2) is 18.3 Å². The number of esters is 1. The van der Waals surface area contributed by atoms with E-state index in [1.54, 1.807) is 0 Å². The largest absolute Gasteiger partial charge is 0.466 e. The minimum Gasteiger partial charge on any atom is -0.466 e. The Morgan fingerprint density at radius 2 is 1.42 bits per heavy atom. The quantitative estimate of drug-likeness (QED) is 0.280. The molecule has 0 amide bonds. The molecule has 0 aliphatic carbocycles. The Morgan fingerprint density at radius 1 is 0.947 bits per heavy atom. The molecule has 110 valence electrons. The predicted octanol–water partition coefficient (Wildman–Crippen LogP) is 4.66. The molecule has 0 N–H and O–H groups in total. The van der Waals surface area contributed by atoms with Gasteiger partial charge in [0.05, 0.1) is 6.61 Å². The van der Waals surface area contributed by atoms with Crippen LogP contribution in [0, 0.1) is 10.7 Å². The zero-order valence-electron chi connectivity index (χ0n) is 12.2. The molecule has 0 aliphatic rings. The van der Waals surface area contributed by atoms with Crippen molar-refractivity contribution in [2.75, 3.05) is 12.4 Å². The summed E-state index contributed by atoms with van der Waals surface area (Å²) in [6.07, 6.45) is 12.4. The Morgan fingerprint density at radius 3 is 1.89 bits per heavy atom. The van der Waals surface area contributed by atoms with Crippen molar-refractivity contribution in [3.8, 4) is 5.40 Å². The van der Waals surface area contributed by atoms with Crippen molar-refractivity contribution in [1.29, 1.82) is 5.26 Å². The fourth-order valence-electron chi connectivity index (χ4n) is 1.95. The van der Waals surface area contributed by atoms with E-state index < -0.39 is 0 Å². The third kappa shape index (κ3) is 17.3. The van der Waals surface area contributed by atoms with E-state index in [1.807, 2.05) is 0 Å². The number of carbonyl (C=O) groups is 1. The van der Waals surface area contributed by atoms with Gasteiger partial charge in [0.25, 0.3) is 0 Å². The summed E-state index contributed by atoms with van der Waals surface area (Å²) in [7, 11) is 0. The average Bonchev–Trinajstić information content (AvgIpc) is 2.39. The second kappa shape index (κ2) is 15.4. The van der Waals surface area contributed by atoms with Gasteiger partial charge in [0.1, 0.15) is 5.40 Å². The topological polar surface area (TPSA) is 50.1 Å². The van der Waals surface area contributed by atoms with Gasteiger partial charge in [0.15, 0.2) is 0 Å². The summed E-state index contributed by atoms with van der Waals surface area (Å²) in [5.41, 5.74) is 0. The highest BCUT2D eigenvalue weighted by molar-refractivity contribution is 8.03. The molecule has 0 saturated heterocycles. The first kappa shape index (κ1) is 18.3. The van der Waals surface area contributed by atoms with Gasteiger partial charge >= 0.3 is 5.97 Å². The predicted molar refractivity (Wildman–Crippen MR) is 80.9 cm³/mol. The van der Waals surface area contributed by atoms with E-state index >= 15 is 0 Å². The van der Waals surface area contributed by atoms with Crippen LogP contribution in [0.15, 0.2) is 0 Å². The molecule has 0 aromatic carbocycles. The molecule has 0 radical (unpaired) electrons. The van der Waals surface area contributed by atoms with Crippen molar-refractivity contribution in [3.05, 3.63) is 0 Å². The maximum Gasteiger partial charge on any atom is 0.302 e. The van der Waals surface area contributed by atoms with E-state index in [0.717, 1.165) is 12.2 Å². The first-order chi connectivity index (χ1) is 9.27. The lowest BCUT2D eigenvalue weighted by Gasteiger charge is -2.03. The van der Waals surface area contributed by atoms with Crippen LogP contribution in [0.4, 0.5) is 0 Å². The molecule has 0 heterocycles. The molecule has 0 fully saturated rings. The number of rotatable bonds is 13. The summed E-state index contributed by atoms with van der Waals surface area (Å²) < 4.78 is 4.88. The molecule has 0 aliphatic heterocycles. The van der Waals surface area contributed by atoms with Gasteiger partial charge in [0, 0.05) is 12.7 Å². The van der Waals surface area contributed by atoms with Crippen LogP contribution >= 0.6 is 11.8 Å². The lowest BCUT2D eigenvalue weighted by molar-refractivity contribution is -0.141. The van der Waals surface area contributed by atoms with Crippen LogP contribution in [0.1, 0.15) is 71.1 Å². The lowest BCUT2D eigenvalue weighted by Crippen LogP contribution is -2.00. The Labute approximate surface area is 122 Å². The number of ether oxygens (including phenoxy) is 1. The van der Waals surface area contributed by atoms with Gasteiger partial charge in [-0.05, 0) is 24.6 Å². The van der Waals surface area contributed by atoms with Crippen molar-refractivity contribution in [1.82, 2.24) is 0 Å². The third-order valence-corrected chi connectivity index (χ3v) is 3.63. The Hall–Kier alpha value is -0.690. The fraction of sp³-hybridized carbons (Fsp3) is 0.867. The highest BCUT2D eigenvalue weighted by atomic mass is 32.2. The molecule has 3 nitrogen and oxygen atoms in total. The maximum atomic E-state index is 10.5. The Kier molecular flexibility index (Phi) is 14.8. The highest BCUT2D eigenvalue weighted by Crippen LogP contribution is 2.11. The van der Waals surface area contributed by atoms with Crippen LogP contribution in [0.5, 0.6) is 0 Å². The summed E-state index contributed by atoms with van der Waals surface area (Å²) in [4.78, 5) is 10.5. The molecular weight excluding hydrogens is 258 g/mol. The molecule has 0 saturated carbocycles. The molecule has 19 heavy (non-hydrogen) atoms. The van der Waals surface area contributed by atoms with Crippen molar-refractivity contribution < 1.29 is 9.53 Å². The zero-order chi connectivity index (χ0) is 14.2. The number of thiocyanates is 1. The zero-order valence-corrected chi connectivity index (χ0v) is 13.0. The van der Waals surface area contributed by atoms with Crippen LogP contribution in [0.2, 0.25) is 0 Å². The van der Waals surface area contributed by atoms with E-state index in [1.165, 1.54) is 76.5 Å². The molecule has 4 heteroatoms. The van der Waals surface area contributed by atoms with Crippen LogP contribution in [0.3, 0.4) is 0 Å². The van der Waals surface area contributed by atoms with Crippen LogP contribution in [-0.2, 0) is 9.53 Å². The summed E-state index contributed by atoms with van der Waals surface area (Å²) in [5, 5.41) is 10.5. The standard InChI is InChI=1S/C15H27NO2S/c1-15(17)18-12-10-8-6-4-2-3-5-7-9-11-13-19-14-16/h2-13H2,1H3. The van der Waals surface area contributed by atoms with E-state index in [2.05, 4.69) is 5.40 Å². The van der Waals surface area contributed by atoms with Crippen molar-refractivity contribution in [2.24, 2.45) is 0 Å². The molecule has 0 bridgehead atoms. The lowest BCUT2D eigenvalue weighted by atomic mass is 10.1. The molecular formula is C15H27NO2S. The Balaban J connectivity index is 2.95. The first-order valence-electron chi connectivity index (χ1n) is 7.41. The monoisotopic (exact) mass is 285 g/mol. The number of unbranched alkanes of at least 4 members (excludes halogenated alkanes) is 9. The number of carbonyl (C=O) groups excluding carboxylic acids is 1. The summed E-state index contributed by atoms with van der Waals surface area (Å²) in [6, 6.07) is 0. The molecule has 0 unspecified atom stereocenters. The number of thioether (sulfide) groups is 1. The summed E-state index contributed by atoms with van der Waals surface area (Å²) in [6.45, 7) is 2.04. The molecule has 0 rings (SSSR count). The van der Waals surface area contributed by atoms with Gasteiger partial charge in [-0.2, -0.15) is 5.26 Å². The second-order valence-electron chi connectivity index (χ2n) is 4.82. The van der Waals surface area contributed by atoms with Crippen LogP contribution < -0.4 is 0 Å². The molecule has 0 aromatic rings. The maximum absolute atomic E-state index is 10.5. The third-order valence-electron chi connectivity index (χ3n) is 3.01. The molecule has 0 aromatic heterocycles. The van der Waals surface area contributed by atoms with Gasteiger partial charge < -0.3 is 4.74 Å². The van der Waals surface area contributed by atoms with Gasteiger partial charge in [0.2, 0.25) is 0 Å². The smallest absolute Gasteiger partial charge is 0.302 e. The van der Waals surface area contributed by atoms with Crippen molar-refractivity contribution in [3.63, 3.8) is 0 Å². The SMILES string of the molecule is CC(=O)OCCCCCCCCCCCCSC#N. The van der Waals surface area contributed by atoms with Crippen molar-refractivity contribution in [2.45, 2.75) is 71.1 Å². The summed E-state index contributed by atoms with van der Waals surface area (Å²) >= 11 is 1.37. The van der Waals surface area contributed by atoms with E-state index in [9.17, 15) is 4.79 Å². The highest BCUT2D eigenvalue weighted by Gasteiger charge is 1.95. The first-order valence-corrected chi connectivity index (χ1v) is 8.40. The van der Waals surface area contributed by atoms with Gasteiger partial charge in [-0.25, -0.2) is 0 Å². The van der Waals surface area contributed by atoms with E-state index in [0.29, 0.717) is 6.61 Å². The van der Waals surface area contributed by atoms with Crippen LogP contribution in [0.25, 0.3) is 0 Å².